The minimum atomic E-state index is -0.250. The van der Waals surface area contributed by atoms with Gasteiger partial charge in [-0.25, -0.2) is 4.98 Å². The molecule has 10 nitrogen and oxygen atoms in total. The van der Waals surface area contributed by atoms with E-state index in [1.807, 2.05) is 40.8 Å². The van der Waals surface area contributed by atoms with E-state index >= 15 is 0 Å². The molecule has 31 heavy (non-hydrogen) atoms. The van der Waals surface area contributed by atoms with Crippen LogP contribution >= 0.6 is 0 Å². The number of amides is 1. The van der Waals surface area contributed by atoms with Crippen LogP contribution in [0.1, 0.15) is 24.1 Å². The molecule has 2 aliphatic rings. The van der Waals surface area contributed by atoms with Crippen LogP contribution in [0.15, 0.2) is 24.5 Å². The average molecular weight is 434 g/mol. The van der Waals surface area contributed by atoms with Crippen molar-refractivity contribution in [3.05, 3.63) is 35.8 Å². The summed E-state index contributed by atoms with van der Waals surface area (Å²) in [6.45, 7) is 6.93. The van der Waals surface area contributed by atoms with Gasteiger partial charge in [0.05, 0.1) is 18.7 Å². The molecule has 4 rings (SSSR count). The van der Waals surface area contributed by atoms with Gasteiger partial charge in [0, 0.05) is 51.2 Å². The molecule has 2 aliphatic heterocycles. The molecule has 2 saturated heterocycles. The van der Waals surface area contributed by atoms with E-state index in [1.165, 1.54) is 0 Å². The third kappa shape index (κ3) is 6.76. The predicted molar refractivity (Wildman–Crippen MR) is 113 cm³/mol. The molecule has 0 aliphatic carbocycles. The highest BCUT2D eigenvalue weighted by Crippen LogP contribution is 2.16. The molecular formula is C21H30N4O6. The number of aromatic nitrogens is 2. The lowest BCUT2D eigenvalue weighted by molar-refractivity contribution is -0.130. The third-order valence-corrected chi connectivity index (χ3v) is 5.45. The van der Waals surface area contributed by atoms with E-state index in [0.29, 0.717) is 12.5 Å². The topological polar surface area (TPSA) is 125 Å². The third-order valence-electron chi connectivity index (χ3n) is 5.45. The summed E-state index contributed by atoms with van der Waals surface area (Å²) in [4.78, 5) is 38.5. The predicted octanol–water partition coefficient (Wildman–Crippen LogP) is 0.910. The Morgan fingerprint density at radius 1 is 1.23 bits per heavy atom. The number of carbonyl (C=O) groups excluding carboxylic acids is 1. The molecule has 1 unspecified atom stereocenters. The van der Waals surface area contributed by atoms with Crippen LogP contribution in [0.5, 0.6) is 0 Å². The molecule has 2 N–H and O–H groups in total. The van der Waals surface area contributed by atoms with Gasteiger partial charge in [-0.05, 0) is 31.4 Å². The van der Waals surface area contributed by atoms with Crippen molar-refractivity contribution in [2.24, 2.45) is 0 Å². The van der Waals surface area contributed by atoms with Crippen LogP contribution in [0, 0.1) is 6.92 Å². The Morgan fingerprint density at radius 3 is 2.65 bits per heavy atom. The van der Waals surface area contributed by atoms with Gasteiger partial charge in [0.25, 0.3) is 12.9 Å². The largest absolute Gasteiger partial charge is 0.483 e. The fourth-order valence-corrected chi connectivity index (χ4v) is 3.96. The summed E-state index contributed by atoms with van der Waals surface area (Å²) in [5.74, 6) is 0.202. The normalized spacial score (nSPS) is 18.9. The number of hydrogen-bond acceptors (Lipinski definition) is 6. The van der Waals surface area contributed by atoms with Gasteiger partial charge in [0.2, 0.25) is 5.91 Å². The second kappa shape index (κ2) is 12.7. The highest BCUT2D eigenvalue weighted by molar-refractivity contribution is 5.78. The number of pyridine rings is 1. The van der Waals surface area contributed by atoms with Gasteiger partial charge in [-0.1, -0.05) is 6.07 Å². The zero-order valence-electron chi connectivity index (χ0n) is 17.7. The molecule has 170 valence electrons. The molecule has 0 radical (unpaired) electrons. The van der Waals surface area contributed by atoms with Gasteiger partial charge in [-0.3, -0.25) is 19.3 Å². The van der Waals surface area contributed by atoms with Crippen LogP contribution in [0.4, 0.5) is 0 Å². The summed E-state index contributed by atoms with van der Waals surface area (Å²) in [6.07, 6.45) is 6.39. The monoisotopic (exact) mass is 434 g/mol. The van der Waals surface area contributed by atoms with Crippen molar-refractivity contribution in [2.75, 3.05) is 39.4 Å². The molecule has 2 aromatic heterocycles. The summed E-state index contributed by atoms with van der Waals surface area (Å²) in [6, 6.07) is 4.59. The first-order valence-electron chi connectivity index (χ1n) is 10.2. The first-order chi connectivity index (χ1) is 15.0. The van der Waals surface area contributed by atoms with Crippen molar-refractivity contribution in [1.29, 1.82) is 0 Å². The van der Waals surface area contributed by atoms with E-state index in [2.05, 4.69) is 9.88 Å². The summed E-state index contributed by atoms with van der Waals surface area (Å²) in [5.41, 5.74) is 3.04. The fourth-order valence-electron chi connectivity index (χ4n) is 3.96. The van der Waals surface area contributed by atoms with Gasteiger partial charge in [0.1, 0.15) is 5.65 Å². The molecule has 0 spiro atoms. The average Bonchev–Trinajstić information content (AvgIpc) is 3.35. The quantitative estimate of drug-likeness (QED) is 0.683. The van der Waals surface area contributed by atoms with Gasteiger partial charge in [-0.2, -0.15) is 0 Å². The van der Waals surface area contributed by atoms with Crippen LogP contribution < -0.4 is 0 Å². The van der Waals surface area contributed by atoms with E-state index in [1.54, 1.807) is 0 Å². The molecule has 1 amide bonds. The molecular weight excluding hydrogens is 404 g/mol. The number of hydrogen-bond donors (Lipinski definition) is 2. The minimum Gasteiger partial charge on any atom is -0.483 e. The lowest BCUT2D eigenvalue weighted by Crippen LogP contribution is -2.40. The second-order valence-electron chi connectivity index (χ2n) is 7.31. The Morgan fingerprint density at radius 2 is 1.97 bits per heavy atom. The molecule has 0 bridgehead atoms. The summed E-state index contributed by atoms with van der Waals surface area (Å²) in [7, 11) is 0. The van der Waals surface area contributed by atoms with Gasteiger partial charge < -0.3 is 24.3 Å². The Bertz CT molecular complexity index is 844. The molecule has 0 saturated carbocycles. The van der Waals surface area contributed by atoms with Crippen molar-refractivity contribution >= 4 is 24.5 Å². The van der Waals surface area contributed by atoms with Gasteiger partial charge in [-0.15, -0.1) is 0 Å². The maximum Gasteiger partial charge on any atom is 0.290 e. The molecule has 1 atom stereocenters. The van der Waals surface area contributed by atoms with Crippen molar-refractivity contribution in [3.8, 4) is 0 Å². The number of ether oxygens (including phenoxy) is 1. The molecule has 0 aromatic carbocycles. The Kier molecular flexibility index (Phi) is 9.92. The van der Waals surface area contributed by atoms with E-state index in [0.717, 1.165) is 69.1 Å². The zero-order chi connectivity index (χ0) is 22.6. The molecule has 2 aromatic rings. The molecule has 4 heterocycles. The van der Waals surface area contributed by atoms with Crippen molar-refractivity contribution in [1.82, 2.24) is 19.2 Å². The lowest BCUT2D eigenvalue weighted by Gasteiger charge is -2.26. The van der Waals surface area contributed by atoms with Crippen molar-refractivity contribution in [3.63, 3.8) is 0 Å². The summed E-state index contributed by atoms with van der Waals surface area (Å²) < 4.78 is 7.55. The van der Waals surface area contributed by atoms with Crippen LogP contribution in [0.3, 0.4) is 0 Å². The Labute approximate surface area is 181 Å². The smallest absolute Gasteiger partial charge is 0.290 e. The number of carboxylic acid groups (broad SMARTS) is 2. The Balaban J connectivity index is 0.000000513. The lowest BCUT2D eigenvalue weighted by atomic mass is 10.2. The minimum absolute atomic E-state index is 0.202. The standard InChI is InChI=1S/C19H26N4O2.2CH2O2/c1-15-4-2-8-23-17(13-20-19(15)23)12-18(24)22-7-3-6-21(9-10-22)16-5-11-25-14-16;2*2-1-3/h2,4,8,13,16H,3,5-7,9-12,14H2,1H3;2*1H,(H,2,3). The number of rotatable bonds is 3. The summed E-state index contributed by atoms with van der Waals surface area (Å²) >= 11 is 0. The van der Waals surface area contributed by atoms with Gasteiger partial charge >= 0.3 is 0 Å². The highest BCUT2D eigenvalue weighted by Gasteiger charge is 2.27. The first kappa shape index (κ1) is 24.3. The maximum atomic E-state index is 12.8. The van der Waals surface area contributed by atoms with Crippen molar-refractivity contribution in [2.45, 2.75) is 32.2 Å². The van der Waals surface area contributed by atoms with Crippen LogP contribution in [-0.2, 0) is 25.5 Å². The van der Waals surface area contributed by atoms with Crippen LogP contribution in [0.25, 0.3) is 5.65 Å². The second-order valence-corrected chi connectivity index (χ2v) is 7.31. The molecule has 2 fully saturated rings. The number of nitrogens with zero attached hydrogens (tertiary/aromatic N) is 4. The van der Waals surface area contributed by atoms with E-state index < -0.39 is 0 Å². The zero-order valence-corrected chi connectivity index (χ0v) is 17.7. The van der Waals surface area contributed by atoms with E-state index in [4.69, 9.17) is 24.5 Å². The number of fused-ring (bicyclic) bond motifs is 1. The SMILES string of the molecule is Cc1cccn2c(CC(=O)N3CCCN(C4CCOC4)CC3)cnc12.O=CO.O=CO. The number of aryl methyl sites for hydroxylation is 1. The van der Waals surface area contributed by atoms with E-state index in [9.17, 15) is 4.79 Å². The number of carbonyl (C=O) groups is 3. The van der Waals surface area contributed by atoms with E-state index in [-0.39, 0.29) is 18.9 Å². The molecule has 10 heteroatoms. The number of imidazole rings is 1. The van der Waals surface area contributed by atoms with Crippen LogP contribution in [-0.4, -0.2) is 93.7 Å². The summed E-state index contributed by atoms with van der Waals surface area (Å²) in [5, 5.41) is 13.8. The van der Waals surface area contributed by atoms with Crippen LogP contribution in [0.2, 0.25) is 0 Å². The first-order valence-corrected chi connectivity index (χ1v) is 10.2. The maximum absolute atomic E-state index is 12.8. The van der Waals surface area contributed by atoms with Gasteiger partial charge in [0.15, 0.2) is 0 Å². The Hall–Kier alpha value is -2.98. The van der Waals surface area contributed by atoms with Crippen molar-refractivity contribution < 1.29 is 29.3 Å². The fraction of sp³-hybridized carbons (Fsp3) is 0.524. The highest BCUT2D eigenvalue weighted by atomic mass is 16.5.